The number of carbonyl (C=O) groups is 4. The van der Waals surface area contributed by atoms with Gasteiger partial charge in [0.1, 0.15) is 5.41 Å². The molecule has 2 aliphatic rings. The molecule has 4 amide bonds. The van der Waals surface area contributed by atoms with Crippen molar-refractivity contribution in [2.75, 3.05) is 13.6 Å². The van der Waals surface area contributed by atoms with Crippen LogP contribution in [0.4, 0.5) is 4.79 Å². The van der Waals surface area contributed by atoms with Crippen LogP contribution in [-0.2, 0) is 14.4 Å². The lowest BCUT2D eigenvalue weighted by molar-refractivity contribution is -0.161. The number of ketones is 1. The first kappa shape index (κ1) is 21.3. The Labute approximate surface area is 162 Å². The van der Waals surface area contributed by atoms with Crippen LogP contribution in [0.2, 0.25) is 0 Å². The first-order chi connectivity index (χ1) is 12.8. The number of amides is 4. The van der Waals surface area contributed by atoms with E-state index in [9.17, 15) is 19.2 Å². The fraction of sp³-hybridized carbons (Fsp3) is 0.714. The molecule has 6 nitrogen and oxygen atoms in total. The van der Waals surface area contributed by atoms with Crippen molar-refractivity contribution in [1.29, 1.82) is 0 Å². The van der Waals surface area contributed by atoms with Crippen molar-refractivity contribution in [1.82, 2.24) is 9.80 Å². The van der Waals surface area contributed by atoms with Gasteiger partial charge in [-0.15, -0.1) is 0 Å². The van der Waals surface area contributed by atoms with Crippen LogP contribution >= 0.6 is 0 Å². The number of rotatable bonds is 8. The zero-order valence-corrected chi connectivity index (χ0v) is 17.0. The summed E-state index contributed by atoms with van der Waals surface area (Å²) in [4.78, 5) is 53.5. The van der Waals surface area contributed by atoms with Crippen molar-refractivity contribution in [3.8, 4) is 0 Å². The van der Waals surface area contributed by atoms with E-state index in [2.05, 4.69) is 6.92 Å². The Kier molecular flexibility index (Phi) is 6.95. The Morgan fingerprint density at radius 2 is 1.96 bits per heavy atom. The van der Waals surface area contributed by atoms with E-state index in [-0.39, 0.29) is 24.2 Å². The lowest BCUT2D eigenvalue weighted by Crippen LogP contribution is -2.66. The molecule has 2 rings (SSSR count). The maximum absolute atomic E-state index is 13.2. The second kappa shape index (κ2) is 8.81. The van der Waals surface area contributed by atoms with Crippen molar-refractivity contribution in [3.05, 3.63) is 12.2 Å². The Bertz CT molecular complexity index is 642. The molecule has 27 heavy (non-hydrogen) atoms. The molecule has 3 unspecified atom stereocenters. The van der Waals surface area contributed by atoms with Crippen LogP contribution in [0.1, 0.15) is 65.7 Å². The van der Waals surface area contributed by atoms with E-state index < -0.39 is 23.3 Å². The van der Waals surface area contributed by atoms with Gasteiger partial charge in [0.05, 0.1) is 6.54 Å². The minimum atomic E-state index is -1.33. The average molecular weight is 376 g/mol. The van der Waals surface area contributed by atoms with Gasteiger partial charge in [-0.3, -0.25) is 24.2 Å². The summed E-state index contributed by atoms with van der Waals surface area (Å²) in [7, 11) is 1.40. The quantitative estimate of drug-likeness (QED) is 0.479. The maximum atomic E-state index is 13.2. The predicted molar refractivity (Wildman–Crippen MR) is 103 cm³/mol. The number of hydrogen-bond acceptors (Lipinski definition) is 4. The molecule has 3 atom stereocenters. The van der Waals surface area contributed by atoms with Gasteiger partial charge in [-0.1, -0.05) is 38.8 Å². The molecule has 150 valence electrons. The Hall–Kier alpha value is -1.98. The van der Waals surface area contributed by atoms with E-state index in [1.165, 1.54) is 7.05 Å². The highest BCUT2D eigenvalue weighted by atomic mass is 16.2. The first-order valence-corrected chi connectivity index (χ1v) is 10.1. The summed E-state index contributed by atoms with van der Waals surface area (Å²) in [6, 6.07) is -0.694. The Morgan fingerprint density at radius 1 is 1.26 bits per heavy atom. The number of hydrogen-bond donors (Lipinski definition) is 0. The van der Waals surface area contributed by atoms with Crippen molar-refractivity contribution in [2.24, 2.45) is 17.3 Å². The number of Topliss-reactive ketones (excluding diaryl/α,β-unsaturated/α-hetero) is 1. The zero-order chi connectivity index (χ0) is 20.2. The average Bonchev–Trinajstić information content (AvgIpc) is 2.69. The topological polar surface area (TPSA) is 74.8 Å². The number of carbonyl (C=O) groups excluding carboxylic acids is 4. The monoisotopic (exact) mass is 376 g/mol. The summed E-state index contributed by atoms with van der Waals surface area (Å²) in [5, 5.41) is 0. The number of unbranched alkanes of at least 4 members (excludes halogenated alkanes) is 1. The molecular weight excluding hydrogens is 344 g/mol. The molecular formula is C21H32N2O4. The summed E-state index contributed by atoms with van der Waals surface area (Å²) in [6.07, 6.45) is 9.85. The first-order valence-electron chi connectivity index (χ1n) is 10.1. The van der Waals surface area contributed by atoms with E-state index in [4.69, 9.17) is 0 Å². The largest absolute Gasteiger partial charge is 0.333 e. The molecule has 0 spiro atoms. The van der Waals surface area contributed by atoms with E-state index in [1.807, 2.05) is 19.1 Å². The number of nitrogens with zero attached hydrogens (tertiary/aromatic N) is 2. The molecule has 0 bridgehead atoms. The van der Waals surface area contributed by atoms with Crippen molar-refractivity contribution < 1.29 is 19.2 Å². The fourth-order valence-corrected chi connectivity index (χ4v) is 4.15. The fourth-order valence-electron chi connectivity index (χ4n) is 4.15. The van der Waals surface area contributed by atoms with Gasteiger partial charge >= 0.3 is 6.03 Å². The minimum Gasteiger partial charge on any atom is -0.297 e. The molecule has 0 radical (unpaired) electrons. The summed E-state index contributed by atoms with van der Waals surface area (Å²) in [5.74, 6) is -1.52. The van der Waals surface area contributed by atoms with Gasteiger partial charge in [-0.05, 0) is 44.9 Å². The highest BCUT2D eigenvalue weighted by Crippen LogP contribution is 2.41. The van der Waals surface area contributed by atoms with Crippen molar-refractivity contribution >= 4 is 23.6 Å². The highest BCUT2D eigenvalue weighted by Gasteiger charge is 2.57. The number of imide groups is 2. The van der Waals surface area contributed by atoms with Gasteiger partial charge in [0.25, 0.3) is 0 Å². The van der Waals surface area contributed by atoms with Gasteiger partial charge in [-0.25, -0.2) is 4.79 Å². The van der Waals surface area contributed by atoms with E-state index in [0.717, 1.165) is 48.3 Å². The molecule has 0 aromatic heterocycles. The molecule has 1 saturated heterocycles. The lowest BCUT2D eigenvalue weighted by Gasteiger charge is -2.44. The van der Waals surface area contributed by atoms with Crippen LogP contribution in [0.3, 0.4) is 0 Å². The minimum absolute atomic E-state index is 0.100. The molecule has 1 fully saturated rings. The molecule has 0 N–H and O–H groups in total. The Morgan fingerprint density at radius 3 is 2.52 bits per heavy atom. The third kappa shape index (κ3) is 3.99. The second-order valence-corrected chi connectivity index (χ2v) is 7.92. The third-order valence-corrected chi connectivity index (χ3v) is 6.12. The summed E-state index contributed by atoms with van der Waals surface area (Å²) in [6.45, 7) is 5.39. The van der Waals surface area contributed by atoms with Crippen molar-refractivity contribution in [3.63, 3.8) is 0 Å². The highest BCUT2D eigenvalue weighted by molar-refractivity contribution is 6.20. The van der Waals surface area contributed by atoms with Crippen LogP contribution in [0.25, 0.3) is 0 Å². The predicted octanol–water partition coefficient (Wildman–Crippen LogP) is 3.56. The van der Waals surface area contributed by atoms with E-state index >= 15 is 0 Å². The van der Waals surface area contributed by atoms with Gasteiger partial charge in [0.2, 0.25) is 11.8 Å². The molecule has 1 aliphatic heterocycles. The van der Waals surface area contributed by atoms with Crippen LogP contribution in [0.15, 0.2) is 12.2 Å². The molecule has 6 heteroatoms. The van der Waals surface area contributed by atoms with Crippen LogP contribution in [0.5, 0.6) is 0 Å². The second-order valence-electron chi connectivity index (χ2n) is 7.92. The standard InChI is InChI=1S/C21H32N2O4/c1-5-7-11-15(6-2)17(24)14-23-19(26)21(3,16-12-9-8-10-13-16)18(25)22(4)20(23)27/h9,12,15-16H,5-8,10-11,13-14H2,1-4H3. The summed E-state index contributed by atoms with van der Waals surface area (Å²) >= 11 is 0. The summed E-state index contributed by atoms with van der Waals surface area (Å²) < 4.78 is 0. The van der Waals surface area contributed by atoms with Gasteiger partial charge in [0, 0.05) is 13.0 Å². The normalized spacial score (nSPS) is 27.3. The number of urea groups is 1. The van der Waals surface area contributed by atoms with Gasteiger partial charge < -0.3 is 0 Å². The molecule has 1 aliphatic carbocycles. The molecule has 0 aromatic rings. The maximum Gasteiger partial charge on any atom is 0.333 e. The van der Waals surface area contributed by atoms with Crippen molar-refractivity contribution in [2.45, 2.75) is 65.7 Å². The van der Waals surface area contributed by atoms with Crippen LogP contribution in [-0.4, -0.2) is 47.0 Å². The molecule has 1 heterocycles. The SMILES string of the molecule is CCCCC(CC)C(=O)CN1C(=O)N(C)C(=O)C(C)(C2C=CCCC2)C1=O. The number of allylic oxidation sites excluding steroid dienone is 2. The van der Waals surface area contributed by atoms with E-state index in [0.29, 0.717) is 6.42 Å². The third-order valence-electron chi connectivity index (χ3n) is 6.12. The molecule has 0 aromatic carbocycles. The molecule has 0 saturated carbocycles. The van der Waals surface area contributed by atoms with Crippen LogP contribution in [0, 0.1) is 17.3 Å². The van der Waals surface area contributed by atoms with Gasteiger partial charge in [0.15, 0.2) is 5.78 Å². The Balaban J connectivity index is 2.27. The smallest absolute Gasteiger partial charge is 0.297 e. The number of barbiturate groups is 1. The van der Waals surface area contributed by atoms with Gasteiger partial charge in [-0.2, -0.15) is 0 Å². The van der Waals surface area contributed by atoms with E-state index in [1.54, 1.807) is 6.92 Å². The van der Waals surface area contributed by atoms with Crippen LogP contribution < -0.4 is 0 Å². The lowest BCUT2D eigenvalue weighted by atomic mass is 9.69. The summed E-state index contributed by atoms with van der Waals surface area (Å²) in [5.41, 5.74) is -1.33. The zero-order valence-electron chi connectivity index (χ0n) is 17.0.